The summed E-state index contributed by atoms with van der Waals surface area (Å²) in [7, 11) is 0. The molecule has 0 amide bonds. The Bertz CT molecular complexity index is 640. The molecule has 4 rings (SSSR count). The molecule has 2 heterocycles. The summed E-state index contributed by atoms with van der Waals surface area (Å²) >= 11 is 6.16. The molecule has 0 spiro atoms. The molecule has 0 saturated carbocycles. The Morgan fingerprint density at radius 1 is 0.947 bits per heavy atom. The van der Waals surface area contributed by atoms with Crippen molar-refractivity contribution < 1.29 is 4.74 Å². The van der Waals surface area contributed by atoms with Crippen LogP contribution in [0.2, 0.25) is 5.02 Å². The highest BCUT2D eigenvalue weighted by Crippen LogP contribution is 2.48. The van der Waals surface area contributed by atoms with Crippen molar-refractivity contribution >= 4 is 11.6 Å². The number of fused-ring (bicyclic) bond motifs is 5. The molecular formula is C16H14ClNO. The van der Waals surface area contributed by atoms with Crippen LogP contribution in [0.5, 0.6) is 11.5 Å². The van der Waals surface area contributed by atoms with E-state index in [-0.39, 0.29) is 0 Å². The quantitative estimate of drug-likeness (QED) is 0.784. The first-order chi connectivity index (χ1) is 9.33. The number of halogens is 1. The third-order valence-corrected chi connectivity index (χ3v) is 4.36. The molecule has 2 aromatic rings. The Balaban J connectivity index is 1.94. The molecular weight excluding hydrogens is 258 g/mol. The molecule has 0 bridgehead atoms. The molecule has 3 heteroatoms. The number of hydrogen-bond acceptors (Lipinski definition) is 2. The van der Waals surface area contributed by atoms with E-state index in [0.29, 0.717) is 11.8 Å². The lowest BCUT2D eigenvalue weighted by Crippen LogP contribution is -2.08. The minimum absolute atomic E-state index is 0.442. The normalized spacial score (nSPS) is 23.8. The van der Waals surface area contributed by atoms with Crippen molar-refractivity contribution in [1.29, 1.82) is 0 Å². The maximum absolute atomic E-state index is 6.16. The van der Waals surface area contributed by atoms with Crippen molar-refractivity contribution in [2.24, 2.45) is 0 Å². The number of nitrogens with one attached hydrogen (secondary N) is 1. The average molecular weight is 272 g/mol. The minimum atomic E-state index is 0.442. The summed E-state index contributed by atoms with van der Waals surface area (Å²) in [6.07, 6.45) is 0. The van der Waals surface area contributed by atoms with E-state index in [0.717, 1.165) is 29.6 Å². The highest BCUT2D eigenvalue weighted by atomic mass is 35.5. The number of rotatable bonds is 0. The molecule has 2 nitrogen and oxygen atoms in total. The van der Waals surface area contributed by atoms with Crippen molar-refractivity contribution in [3.63, 3.8) is 0 Å². The third kappa shape index (κ3) is 1.75. The van der Waals surface area contributed by atoms with Gasteiger partial charge in [0, 0.05) is 35.5 Å². The van der Waals surface area contributed by atoms with Crippen LogP contribution in [0.25, 0.3) is 0 Å². The molecule has 0 aromatic heterocycles. The van der Waals surface area contributed by atoms with E-state index in [1.54, 1.807) is 0 Å². The van der Waals surface area contributed by atoms with Gasteiger partial charge in [0.05, 0.1) is 0 Å². The van der Waals surface area contributed by atoms with Gasteiger partial charge in [0.25, 0.3) is 0 Å². The van der Waals surface area contributed by atoms with Gasteiger partial charge in [-0.2, -0.15) is 0 Å². The molecule has 0 aliphatic carbocycles. The molecule has 1 fully saturated rings. The summed E-state index contributed by atoms with van der Waals surface area (Å²) in [5.74, 6) is 2.82. The molecule has 1 saturated heterocycles. The first-order valence-corrected chi connectivity index (χ1v) is 6.97. The summed E-state index contributed by atoms with van der Waals surface area (Å²) in [6, 6.07) is 14.3. The number of hydrogen-bond donors (Lipinski definition) is 1. The minimum Gasteiger partial charge on any atom is -0.457 e. The van der Waals surface area contributed by atoms with Crippen LogP contribution in [0.1, 0.15) is 23.0 Å². The molecule has 0 unspecified atom stereocenters. The van der Waals surface area contributed by atoms with Gasteiger partial charge in [-0.1, -0.05) is 29.8 Å². The van der Waals surface area contributed by atoms with Gasteiger partial charge in [0.1, 0.15) is 11.5 Å². The van der Waals surface area contributed by atoms with Crippen LogP contribution >= 0.6 is 11.6 Å². The van der Waals surface area contributed by atoms with Crippen LogP contribution in [-0.4, -0.2) is 13.1 Å². The zero-order valence-electron chi connectivity index (χ0n) is 10.4. The van der Waals surface area contributed by atoms with E-state index in [4.69, 9.17) is 16.3 Å². The second-order valence-electron chi connectivity index (χ2n) is 5.19. The monoisotopic (exact) mass is 271 g/mol. The lowest BCUT2D eigenvalue weighted by Gasteiger charge is -2.17. The lowest BCUT2D eigenvalue weighted by atomic mass is 9.84. The van der Waals surface area contributed by atoms with E-state index >= 15 is 0 Å². The molecule has 96 valence electrons. The smallest absolute Gasteiger partial charge is 0.131 e. The standard InChI is InChI=1S/C16H14ClNO/c17-10-5-6-16-12(7-10)14-9-18-8-13(14)11-3-1-2-4-15(11)19-16/h1-7,13-14,18H,8-9H2/t13-,14-/m0/s1. The Morgan fingerprint density at radius 3 is 2.58 bits per heavy atom. The fourth-order valence-corrected chi connectivity index (χ4v) is 3.41. The molecule has 1 N–H and O–H groups in total. The van der Waals surface area contributed by atoms with Gasteiger partial charge in [-0.25, -0.2) is 0 Å². The molecule has 2 atom stereocenters. The zero-order valence-corrected chi connectivity index (χ0v) is 11.2. The van der Waals surface area contributed by atoms with E-state index in [1.807, 2.05) is 24.3 Å². The van der Waals surface area contributed by atoms with E-state index < -0.39 is 0 Å². The van der Waals surface area contributed by atoms with E-state index in [9.17, 15) is 0 Å². The summed E-state index contributed by atoms with van der Waals surface area (Å²) in [4.78, 5) is 0. The second-order valence-corrected chi connectivity index (χ2v) is 5.63. The first-order valence-electron chi connectivity index (χ1n) is 6.60. The highest BCUT2D eigenvalue weighted by Gasteiger charge is 2.35. The van der Waals surface area contributed by atoms with Crippen molar-refractivity contribution in [2.75, 3.05) is 13.1 Å². The molecule has 19 heavy (non-hydrogen) atoms. The van der Waals surface area contributed by atoms with Gasteiger partial charge in [0.15, 0.2) is 0 Å². The largest absolute Gasteiger partial charge is 0.457 e. The predicted octanol–water partition coefficient (Wildman–Crippen LogP) is 3.92. The van der Waals surface area contributed by atoms with Crippen molar-refractivity contribution in [3.8, 4) is 11.5 Å². The summed E-state index contributed by atoms with van der Waals surface area (Å²) in [5.41, 5.74) is 2.52. The molecule has 2 aliphatic heterocycles. The van der Waals surface area contributed by atoms with Crippen LogP contribution in [0.4, 0.5) is 0 Å². The number of para-hydroxylation sites is 1. The first kappa shape index (κ1) is 11.3. The van der Waals surface area contributed by atoms with E-state index in [2.05, 4.69) is 23.5 Å². The molecule has 2 aliphatic rings. The van der Waals surface area contributed by atoms with Gasteiger partial charge in [-0.3, -0.25) is 0 Å². The summed E-state index contributed by atoms with van der Waals surface area (Å²) < 4.78 is 6.11. The van der Waals surface area contributed by atoms with Crippen LogP contribution in [-0.2, 0) is 0 Å². The van der Waals surface area contributed by atoms with Gasteiger partial charge in [-0.05, 0) is 29.8 Å². The zero-order chi connectivity index (χ0) is 12.8. The van der Waals surface area contributed by atoms with Crippen molar-refractivity contribution in [1.82, 2.24) is 5.32 Å². The Hall–Kier alpha value is -1.51. The van der Waals surface area contributed by atoms with Crippen molar-refractivity contribution in [3.05, 3.63) is 58.6 Å². The fraction of sp³-hybridized carbons (Fsp3) is 0.250. The van der Waals surface area contributed by atoms with Crippen LogP contribution < -0.4 is 10.1 Å². The molecule has 2 aromatic carbocycles. The Morgan fingerprint density at radius 2 is 1.68 bits per heavy atom. The lowest BCUT2D eigenvalue weighted by molar-refractivity contribution is 0.476. The number of ether oxygens (including phenoxy) is 1. The third-order valence-electron chi connectivity index (χ3n) is 4.12. The Labute approximate surface area is 117 Å². The maximum atomic E-state index is 6.16. The van der Waals surface area contributed by atoms with Gasteiger partial charge in [-0.15, -0.1) is 0 Å². The maximum Gasteiger partial charge on any atom is 0.131 e. The number of benzene rings is 2. The second kappa shape index (κ2) is 4.26. The van der Waals surface area contributed by atoms with Crippen LogP contribution in [0, 0.1) is 0 Å². The fourth-order valence-electron chi connectivity index (χ4n) is 3.23. The van der Waals surface area contributed by atoms with E-state index in [1.165, 1.54) is 11.1 Å². The topological polar surface area (TPSA) is 21.3 Å². The summed E-state index contributed by atoms with van der Waals surface area (Å²) in [5, 5.41) is 4.27. The van der Waals surface area contributed by atoms with Gasteiger partial charge < -0.3 is 10.1 Å². The van der Waals surface area contributed by atoms with Crippen LogP contribution in [0.3, 0.4) is 0 Å². The SMILES string of the molecule is Clc1ccc2c(c1)[C@@H]1CNC[C@H]1c1ccccc1O2. The summed E-state index contributed by atoms with van der Waals surface area (Å²) in [6.45, 7) is 1.98. The molecule has 0 radical (unpaired) electrons. The highest BCUT2D eigenvalue weighted by molar-refractivity contribution is 6.30. The van der Waals surface area contributed by atoms with Crippen molar-refractivity contribution in [2.45, 2.75) is 11.8 Å². The van der Waals surface area contributed by atoms with Gasteiger partial charge in [0.2, 0.25) is 0 Å². The average Bonchev–Trinajstić information content (AvgIpc) is 2.86. The Kier molecular flexibility index (Phi) is 2.54. The van der Waals surface area contributed by atoms with Gasteiger partial charge >= 0.3 is 0 Å². The predicted molar refractivity (Wildman–Crippen MR) is 76.3 cm³/mol. The van der Waals surface area contributed by atoms with Crippen LogP contribution in [0.15, 0.2) is 42.5 Å².